The number of nitrogens with zero attached hydrogens (tertiary/aromatic N) is 2. The average molecular weight is 270 g/mol. The highest BCUT2D eigenvalue weighted by molar-refractivity contribution is 6.20. The number of aryl methyl sites for hydroxylation is 1. The Morgan fingerprint density at radius 2 is 2.22 bits per heavy atom. The van der Waals surface area contributed by atoms with Gasteiger partial charge in [0.15, 0.2) is 5.76 Å². The predicted octanol–water partition coefficient (Wildman–Crippen LogP) is 2.78. The third-order valence-electron chi connectivity index (χ3n) is 2.23. The van der Waals surface area contributed by atoms with Gasteiger partial charge in [-0.2, -0.15) is 0 Å². The van der Waals surface area contributed by atoms with Gasteiger partial charge in [-0.3, -0.25) is 10.1 Å². The fourth-order valence-electron chi connectivity index (χ4n) is 1.29. The highest BCUT2D eigenvalue weighted by atomic mass is 35.5. The summed E-state index contributed by atoms with van der Waals surface area (Å²) in [7, 11) is 0. The molecule has 1 N–H and O–H groups in total. The van der Waals surface area contributed by atoms with Gasteiger partial charge in [-0.1, -0.05) is 12.0 Å². The molecule has 2 heterocycles. The number of aromatic nitrogens is 2. The number of nitrogens with one attached hydrogen (secondary N) is 1. The van der Waals surface area contributed by atoms with Gasteiger partial charge in [-0.25, -0.2) is 0 Å². The molecule has 18 heavy (non-hydrogen) atoms. The summed E-state index contributed by atoms with van der Waals surface area (Å²) >= 11 is 5.84. The summed E-state index contributed by atoms with van der Waals surface area (Å²) in [6.07, 6.45) is 0.609. The first-order valence-electron chi connectivity index (χ1n) is 5.47. The van der Waals surface area contributed by atoms with Crippen molar-refractivity contribution in [1.29, 1.82) is 0 Å². The Balaban J connectivity index is 2.06. The number of carbonyl (C=O) groups is 1. The van der Waals surface area contributed by atoms with Gasteiger partial charge in [0.2, 0.25) is 5.89 Å². The van der Waals surface area contributed by atoms with E-state index < -0.39 is 5.91 Å². The number of carbonyl (C=O) groups excluding carboxylic acids is 1. The van der Waals surface area contributed by atoms with Crippen LogP contribution in [0.1, 0.15) is 41.4 Å². The van der Waals surface area contributed by atoms with Crippen LogP contribution in [-0.4, -0.2) is 16.1 Å². The average Bonchev–Trinajstić information content (AvgIpc) is 2.97. The first-order valence-corrected chi connectivity index (χ1v) is 5.91. The van der Waals surface area contributed by atoms with Crippen LogP contribution in [0.2, 0.25) is 0 Å². The monoisotopic (exact) mass is 269 g/mol. The lowest BCUT2D eigenvalue weighted by molar-refractivity contribution is 0.0992. The molecule has 6 nitrogen and oxygen atoms in total. The smallest absolute Gasteiger partial charge is 0.322 e. The van der Waals surface area contributed by atoms with Crippen molar-refractivity contribution in [3.63, 3.8) is 0 Å². The van der Waals surface area contributed by atoms with Gasteiger partial charge in [0.25, 0.3) is 5.91 Å². The molecule has 0 aliphatic carbocycles. The van der Waals surface area contributed by atoms with Crippen molar-refractivity contribution in [3.05, 3.63) is 29.5 Å². The molecule has 0 fully saturated rings. The molecule has 0 bridgehead atoms. The lowest BCUT2D eigenvalue weighted by atomic mass is 10.3. The Kier molecular flexibility index (Phi) is 3.66. The van der Waals surface area contributed by atoms with E-state index in [1.54, 1.807) is 19.1 Å². The zero-order chi connectivity index (χ0) is 13.1. The van der Waals surface area contributed by atoms with E-state index in [1.807, 2.05) is 6.92 Å². The van der Waals surface area contributed by atoms with Gasteiger partial charge < -0.3 is 8.83 Å². The Hall–Kier alpha value is -1.82. The maximum atomic E-state index is 11.8. The number of alkyl halides is 1. The highest BCUT2D eigenvalue weighted by Gasteiger charge is 2.16. The quantitative estimate of drug-likeness (QED) is 0.863. The van der Waals surface area contributed by atoms with Crippen LogP contribution in [0.5, 0.6) is 0 Å². The van der Waals surface area contributed by atoms with Crippen molar-refractivity contribution in [3.8, 4) is 0 Å². The summed E-state index contributed by atoms with van der Waals surface area (Å²) in [5, 5.41) is 9.57. The van der Waals surface area contributed by atoms with Crippen LogP contribution in [0.15, 0.2) is 21.0 Å². The molecular formula is C11H12ClN3O3. The number of amides is 1. The Morgan fingerprint density at radius 1 is 1.44 bits per heavy atom. The minimum absolute atomic E-state index is 0.0497. The second kappa shape index (κ2) is 5.22. The second-order valence-electron chi connectivity index (χ2n) is 3.63. The Bertz CT molecular complexity index is 547. The standard InChI is InChI=1S/C11H12ClN3O3/c1-3-9-14-15-11(18-9)13-10(16)8-5-4-7(17-8)6(2)12/h4-6H,3H2,1-2H3,(H,13,15,16). The first kappa shape index (κ1) is 12.6. The van der Waals surface area contributed by atoms with Gasteiger partial charge in [-0.05, 0) is 19.1 Å². The lowest BCUT2D eigenvalue weighted by Crippen LogP contribution is -2.11. The number of hydrogen-bond donors (Lipinski definition) is 1. The summed E-state index contributed by atoms with van der Waals surface area (Å²) in [6, 6.07) is 3.24. The van der Waals surface area contributed by atoms with Gasteiger partial charge >= 0.3 is 6.01 Å². The number of rotatable bonds is 4. The molecule has 0 spiro atoms. The molecule has 0 saturated carbocycles. The van der Waals surface area contributed by atoms with E-state index in [-0.39, 0.29) is 17.2 Å². The molecule has 0 aromatic carbocycles. The molecule has 2 rings (SSSR count). The molecule has 1 amide bonds. The molecular weight excluding hydrogens is 258 g/mol. The number of furan rings is 1. The molecule has 0 saturated heterocycles. The van der Waals surface area contributed by atoms with Crippen LogP contribution in [-0.2, 0) is 6.42 Å². The number of halogens is 1. The first-order chi connectivity index (χ1) is 8.60. The van der Waals surface area contributed by atoms with Crippen LogP contribution in [0.3, 0.4) is 0 Å². The molecule has 0 aliphatic heterocycles. The topological polar surface area (TPSA) is 81.2 Å². The summed E-state index contributed by atoms with van der Waals surface area (Å²) in [5.41, 5.74) is 0. The minimum atomic E-state index is -0.454. The van der Waals surface area contributed by atoms with E-state index in [0.29, 0.717) is 18.1 Å². The van der Waals surface area contributed by atoms with Gasteiger partial charge in [0.1, 0.15) is 5.76 Å². The van der Waals surface area contributed by atoms with Crippen LogP contribution >= 0.6 is 11.6 Å². The maximum absolute atomic E-state index is 11.8. The third-order valence-corrected chi connectivity index (χ3v) is 2.45. The fraction of sp³-hybridized carbons (Fsp3) is 0.364. The van der Waals surface area contributed by atoms with E-state index in [4.69, 9.17) is 20.4 Å². The van der Waals surface area contributed by atoms with Crippen molar-refractivity contribution in [2.45, 2.75) is 25.6 Å². The van der Waals surface area contributed by atoms with Crippen molar-refractivity contribution >= 4 is 23.5 Å². The van der Waals surface area contributed by atoms with Gasteiger partial charge in [0.05, 0.1) is 5.38 Å². The molecule has 2 aromatic heterocycles. The van der Waals surface area contributed by atoms with Crippen LogP contribution in [0.4, 0.5) is 6.01 Å². The third kappa shape index (κ3) is 2.70. The Labute approximate surface area is 108 Å². The molecule has 2 aromatic rings. The Morgan fingerprint density at radius 3 is 2.78 bits per heavy atom. The van der Waals surface area contributed by atoms with Crippen molar-refractivity contribution < 1.29 is 13.6 Å². The zero-order valence-electron chi connectivity index (χ0n) is 9.94. The molecule has 1 atom stereocenters. The van der Waals surface area contributed by atoms with Crippen LogP contribution < -0.4 is 5.32 Å². The summed E-state index contributed by atoms with van der Waals surface area (Å²) in [4.78, 5) is 11.8. The predicted molar refractivity (Wildman–Crippen MR) is 64.6 cm³/mol. The van der Waals surface area contributed by atoms with Gasteiger partial charge in [0, 0.05) is 6.42 Å². The second-order valence-corrected chi connectivity index (χ2v) is 4.28. The van der Waals surface area contributed by atoms with Crippen molar-refractivity contribution in [2.75, 3.05) is 5.32 Å². The highest BCUT2D eigenvalue weighted by Crippen LogP contribution is 2.22. The molecule has 1 unspecified atom stereocenters. The summed E-state index contributed by atoms with van der Waals surface area (Å²) in [6.45, 7) is 3.63. The lowest BCUT2D eigenvalue weighted by Gasteiger charge is -1.98. The largest absolute Gasteiger partial charge is 0.454 e. The van der Waals surface area contributed by atoms with Crippen molar-refractivity contribution in [2.24, 2.45) is 0 Å². The fourth-order valence-corrected chi connectivity index (χ4v) is 1.41. The van der Waals surface area contributed by atoms with Crippen molar-refractivity contribution in [1.82, 2.24) is 10.2 Å². The van der Waals surface area contributed by atoms with E-state index in [9.17, 15) is 4.79 Å². The minimum Gasteiger partial charge on any atom is -0.454 e. The van der Waals surface area contributed by atoms with Crippen LogP contribution in [0.25, 0.3) is 0 Å². The molecule has 0 radical (unpaired) electrons. The molecule has 96 valence electrons. The van der Waals surface area contributed by atoms with E-state index in [2.05, 4.69) is 15.5 Å². The van der Waals surface area contributed by atoms with Crippen LogP contribution in [0, 0.1) is 0 Å². The van der Waals surface area contributed by atoms with E-state index in [0.717, 1.165) is 0 Å². The van der Waals surface area contributed by atoms with Gasteiger partial charge in [-0.15, -0.1) is 16.7 Å². The van der Waals surface area contributed by atoms with E-state index >= 15 is 0 Å². The molecule has 0 aliphatic rings. The number of hydrogen-bond acceptors (Lipinski definition) is 5. The van der Waals surface area contributed by atoms with E-state index in [1.165, 1.54) is 0 Å². The number of anilines is 1. The maximum Gasteiger partial charge on any atom is 0.322 e. The zero-order valence-corrected chi connectivity index (χ0v) is 10.7. The molecule has 7 heteroatoms. The summed E-state index contributed by atoms with van der Waals surface area (Å²) < 4.78 is 10.4. The summed E-state index contributed by atoms with van der Waals surface area (Å²) in [5.74, 6) is 0.681. The SMILES string of the molecule is CCc1nnc(NC(=O)c2ccc(C(C)Cl)o2)o1. The normalized spacial score (nSPS) is 12.4.